The van der Waals surface area contributed by atoms with Crippen molar-refractivity contribution in [1.29, 1.82) is 0 Å². The van der Waals surface area contributed by atoms with Crippen molar-refractivity contribution >= 4 is 34.3 Å². The number of para-hydroxylation sites is 1. The summed E-state index contributed by atoms with van der Waals surface area (Å²) in [5.41, 5.74) is -1.74. The average Bonchev–Trinajstić information content (AvgIpc) is 3.17. The van der Waals surface area contributed by atoms with Crippen LogP contribution in [0.4, 0.5) is 32.0 Å². The Morgan fingerprint density at radius 1 is 0.800 bits per heavy atom. The van der Waals surface area contributed by atoms with E-state index in [2.05, 4.69) is 5.32 Å². The second kappa shape index (κ2) is 9.69. The molecule has 1 amide bonds. The molecule has 182 valence electrons. The molecular formula is C25H17F6NO2S. The first-order valence-electron chi connectivity index (χ1n) is 10.3. The van der Waals surface area contributed by atoms with Gasteiger partial charge < -0.3 is 9.73 Å². The first kappa shape index (κ1) is 24.7. The van der Waals surface area contributed by atoms with Gasteiger partial charge in [0, 0.05) is 28.1 Å². The fourth-order valence-corrected chi connectivity index (χ4v) is 4.51. The van der Waals surface area contributed by atoms with E-state index in [1.807, 2.05) is 30.3 Å². The third kappa shape index (κ3) is 5.82. The number of hydrogen-bond donors (Lipinski definition) is 1. The van der Waals surface area contributed by atoms with Gasteiger partial charge in [0.2, 0.25) is 0 Å². The van der Waals surface area contributed by atoms with E-state index in [9.17, 15) is 31.1 Å². The predicted octanol–water partition coefficient (Wildman–Crippen LogP) is 8.16. The molecular weight excluding hydrogens is 492 g/mol. The van der Waals surface area contributed by atoms with Gasteiger partial charge in [0.05, 0.1) is 11.1 Å². The van der Waals surface area contributed by atoms with Crippen LogP contribution in [0, 0.1) is 0 Å². The van der Waals surface area contributed by atoms with E-state index in [1.54, 1.807) is 24.3 Å². The molecule has 4 rings (SSSR count). The van der Waals surface area contributed by atoms with Crippen molar-refractivity contribution in [1.82, 2.24) is 0 Å². The minimum Gasteiger partial charge on any atom is -0.451 e. The molecule has 0 atom stereocenters. The number of nitrogens with one attached hydrogen (secondary N) is 1. The molecule has 1 aromatic heterocycles. The molecule has 0 saturated carbocycles. The molecule has 10 heteroatoms. The number of benzene rings is 3. The molecule has 0 saturated heterocycles. The van der Waals surface area contributed by atoms with Crippen LogP contribution in [0.5, 0.6) is 0 Å². The maximum absolute atomic E-state index is 13.2. The van der Waals surface area contributed by atoms with Gasteiger partial charge in [-0.3, -0.25) is 4.79 Å². The molecule has 0 spiro atoms. The highest BCUT2D eigenvalue weighted by atomic mass is 32.2. The number of alkyl halides is 6. The standard InChI is InChI=1S/C25H17F6NO2S/c26-24(27,28)16-10-17(25(29,30)31)12-18(11-16)32-23(33)22-20(19-8-4-5-9-21(19)34-22)14-35-13-15-6-2-1-3-7-15/h1-12H,13-14H2,(H,32,33). The predicted molar refractivity (Wildman–Crippen MR) is 122 cm³/mol. The van der Waals surface area contributed by atoms with Crippen molar-refractivity contribution in [3.63, 3.8) is 0 Å². The fraction of sp³-hybridized carbons (Fsp3) is 0.160. The minimum atomic E-state index is -5.03. The van der Waals surface area contributed by atoms with Gasteiger partial charge in [0.1, 0.15) is 5.58 Å². The molecule has 0 bridgehead atoms. The summed E-state index contributed by atoms with van der Waals surface area (Å²) in [6.45, 7) is 0. The summed E-state index contributed by atoms with van der Waals surface area (Å²) in [4.78, 5) is 13.0. The molecule has 0 fully saturated rings. The van der Waals surface area contributed by atoms with Gasteiger partial charge in [-0.1, -0.05) is 48.5 Å². The van der Waals surface area contributed by atoms with E-state index in [-0.39, 0.29) is 11.8 Å². The van der Waals surface area contributed by atoms with Gasteiger partial charge in [-0.2, -0.15) is 38.1 Å². The van der Waals surface area contributed by atoms with Crippen molar-refractivity contribution in [2.75, 3.05) is 5.32 Å². The Bertz CT molecular complexity index is 1310. The van der Waals surface area contributed by atoms with E-state index in [0.717, 1.165) is 5.56 Å². The second-order valence-electron chi connectivity index (χ2n) is 7.63. The van der Waals surface area contributed by atoms with Crippen LogP contribution in [0.25, 0.3) is 11.0 Å². The number of carbonyl (C=O) groups excluding carboxylic acids is 1. The van der Waals surface area contributed by atoms with Crippen LogP contribution >= 0.6 is 11.8 Å². The average molecular weight is 509 g/mol. The smallest absolute Gasteiger partial charge is 0.416 e. The van der Waals surface area contributed by atoms with Crippen molar-refractivity contribution < 1.29 is 35.6 Å². The summed E-state index contributed by atoms with van der Waals surface area (Å²) in [6.07, 6.45) is -10.1. The molecule has 1 N–H and O–H groups in total. The monoisotopic (exact) mass is 509 g/mol. The maximum atomic E-state index is 13.2. The number of rotatable bonds is 6. The highest BCUT2D eigenvalue weighted by Gasteiger charge is 2.37. The van der Waals surface area contributed by atoms with Gasteiger partial charge in [0.25, 0.3) is 5.91 Å². The quantitative estimate of drug-likeness (QED) is 0.267. The molecule has 3 aromatic carbocycles. The van der Waals surface area contributed by atoms with E-state index in [4.69, 9.17) is 4.42 Å². The zero-order chi connectivity index (χ0) is 25.2. The summed E-state index contributed by atoms with van der Waals surface area (Å²) < 4.78 is 84.7. The van der Waals surface area contributed by atoms with Crippen LogP contribution in [0.3, 0.4) is 0 Å². The summed E-state index contributed by atoms with van der Waals surface area (Å²) >= 11 is 1.49. The van der Waals surface area contributed by atoms with Crippen molar-refractivity contribution in [2.45, 2.75) is 23.9 Å². The fourth-order valence-electron chi connectivity index (χ4n) is 3.49. The number of halogens is 6. The van der Waals surface area contributed by atoms with Crippen LogP contribution in [0.15, 0.2) is 77.2 Å². The number of anilines is 1. The van der Waals surface area contributed by atoms with Crippen molar-refractivity contribution in [2.24, 2.45) is 0 Å². The Morgan fingerprint density at radius 3 is 2.03 bits per heavy atom. The van der Waals surface area contributed by atoms with Gasteiger partial charge in [-0.25, -0.2) is 0 Å². The number of furan rings is 1. The second-order valence-corrected chi connectivity index (χ2v) is 8.62. The molecule has 3 nitrogen and oxygen atoms in total. The van der Waals surface area contributed by atoms with Crippen molar-refractivity contribution in [3.05, 3.63) is 101 Å². The number of amides is 1. The topological polar surface area (TPSA) is 42.2 Å². The molecule has 1 heterocycles. The van der Waals surface area contributed by atoms with Crippen LogP contribution in [0.1, 0.15) is 32.8 Å². The largest absolute Gasteiger partial charge is 0.451 e. The molecule has 0 aliphatic heterocycles. The van der Waals surface area contributed by atoms with Crippen LogP contribution < -0.4 is 5.32 Å². The van der Waals surface area contributed by atoms with Gasteiger partial charge >= 0.3 is 12.4 Å². The van der Waals surface area contributed by atoms with E-state index < -0.39 is 35.1 Å². The van der Waals surface area contributed by atoms with E-state index in [0.29, 0.717) is 40.2 Å². The van der Waals surface area contributed by atoms with Crippen LogP contribution in [-0.2, 0) is 23.9 Å². The molecule has 4 aromatic rings. The van der Waals surface area contributed by atoms with Gasteiger partial charge in [-0.15, -0.1) is 0 Å². The molecule has 0 unspecified atom stereocenters. The lowest BCUT2D eigenvalue weighted by molar-refractivity contribution is -0.143. The van der Waals surface area contributed by atoms with Crippen LogP contribution in [-0.4, -0.2) is 5.91 Å². The Balaban J connectivity index is 1.64. The highest BCUT2D eigenvalue weighted by molar-refractivity contribution is 7.97. The lowest BCUT2D eigenvalue weighted by Crippen LogP contribution is -2.16. The number of fused-ring (bicyclic) bond motifs is 1. The Kier molecular flexibility index (Phi) is 6.84. The normalized spacial score (nSPS) is 12.2. The van der Waals surface area contributed by atoms with Gasteiger partial charge in [0.15, 0.2) is 5.76 Å². The van der Waals surface area contributed by atoms with Crippen molar-refractivity contribution in [3.8, 4) is 0 Å². The highest BCUT2D eigenvalue weighted by Crippen LogP contribution is 2.38. The minimum absolute atomic E-state index is 0.00248. The van der Waals surface area contributed by atoms with Gasteiger partial charge in [-0.05, 0) is 29.8 Å². The first-order chi connectivity index (χ1) is 16.5. The first-order valence-corrected chi connectivity index (χ1v) is 11.4. The summed E-state index contributed by atoms with van der Waals surface area (Å²) in [5.74, 6) is -0.142. The Hall–Kier alpha value is -3.40. The summed E-state index contributed by atoms with van der Waals surface area (Å²) in [7, 11) is 0. The zero-order valence-corrected chi connectivity index (χ0v) is 18.7. The third-order valence-corrected chi connectivity index (χ3v) is 6.14. The Labute approximate surface area is 200 Å². The summed E-state index contributed by atoms with van der Waals surface area (Å²) in [6, 6.07) is 17.3. The zero-order valence-electron chi connectivity index (χ0n) is 17.8. The third-order valence-electron chi connectivity index (χ3n) is 5.11. The number of carbonyl (C=O) groups is 1. The lowest BCUT2D eigenvalue weighted by atomic mass is 10.1. The number of hydrogen-bond acceptors (Lipinski definition) is 3. The molecule has 0 aliphatic carbocycles. The number of thioether (sulfide) groups is 1. The SMILES string of the molecule is O=C(Nc1cc(C(F)(F)F)cc(C(F)(F)F)c1)c1oc2ccccc2c1CSCc1ccccc1. The molecule has 0 aliphatic rings. The van der Waals surface area contributed by atoms with Crippen LogP contribution in [0.2, 0.25) is 0 Å². The van der Waals surface area contributed by atoms with E-state index in [1.165, 1.54) is 11.8 Å². The lowest BCUT2D eigenvalue weighted by Gasteiger charge is -2.14. The molecule has 0 radical (unpaired) electrons. The maximum Gasteiger partial charge on any atom is 0.416 e. The summed E-state index contributed by atoms with van der Waals surface area (Å²) in [5, 5.41) is 2.79. The Morgan fingerprint density at radius 2 is 1.40 bits per heavy atom. The van der Waals surface area contributed by atoms with E-state index >= 15 is 0 Å². The molecule has 35 heavy (non-hydrogen) atoms.